The minimum absolute atomic E-state index is 0.0128. The number of ether oxygens (including phenoxy) is 1. The Morgan fingerprint density at radius 2 is 1.96 bits per heavy atom. The molecule has 1 aliphatic heterocycles. The van der Waals surface area contributed by atoms with Gasteiger partial charge in [-0.05, 0) is 18.2 Å². The van der Waals surface area contributed by atoms with Gasteiger partial charge in [-0.1, -0.05) is 0 Å². The number of aromatic nitrogens is 1. The third-order valence-electron chi connectivity index (χ3n) is 3.65. The molecule has 2 aromatic rings. The fraction of sp³-hybridized carbons (Fsp3) is 0.200. The molecule has 0 amide bonds. The summed E-state index contributed by atoms with van der Waals surface area (Å²) in [6, 6.07) is 9.71. The molecule has 1 aromatic heterocycles. The molecule has 0 saturated carbocycles. The van der Waals surface area contributed by atoms with Crippen molar-refractivity contribution in [2.75, 3.05) is 13.1 Å². The Morgan fingerprint density at radius 3 is 2.56 bits per heavy atom. The molecule has 128 valence electrons. The van der Waals surface area contributed by atoms with E-state index in [4.69, 9.17) is 10.00 Å². The first kappa shape index (κ1) is 16.8. The van der Waals surface area contributed by atoms with Crippen LogP contribution in [-0.4, -0.2) is 41.8 Å². The molecule has 0 unspecified atom stereocenters. The standard InChI is InChI=1S/C15H12N4O5S/c16-8-11-5-6-17-15(7-11)24-13-9-18(10-13)25(22,23)14-3-1-12(2-4-14)19(20)21/h1-7,13H,9-10H2. The molecule has 10 heteroatoms. The van der Waals surface area contributed by atoms with E-state index in [2.05, 4.69) is 4.98 Å². The van der Waals surface area contributed by atoms with E-state index in [1.54, 1.807) is 6.07 Å². The third-order valence-corrected chi connectivity index (χ3v) is 5.50. The van der Waals surface area contributed by atoms with Crippen LogP contribution in [0.3, 0.4) is 0 Å². The Morgan fingerprint density at radius 1 is 1.28 bits per heavy atom. The molecule has 25 heavy (non-hydrogen) atoms. The SMILES string of the molecule is N#Cc1ccnc(OC2CN(S(=O)(=O)c3ccc([N+](=O)[O-])cc3)C2)c1. The number of hydrogen-bond acceptors (Lipinski definition) is 7. The van der Waals surface area contributed by atoms with Gasteiger partial charge in [0.2, 0.25) is 15.9 Å². The summed E-state index contributed by atoms with van der Waals surface area (Å²) in [6.07, 6.45) is 1.08. The molecule has 1 saturated heterocycles. The third kappa shape index (κ3) is 3.42. The second-order valence-corrected chi connectivity index (χ2v) is 7.25. The van der Waals surface area contributed by atoms with Gasteiger partial charge in [0.05, 0.1) is 34.5 Å². The predicted molar refractivity (Wildman–Crippen MR) is 85.2 cm³/mol. The number of nitro groups is 1. The summed E-state index contributed by atoms with van der Waals surface area (Å²) < 4.78 is 31.6. The van der Waals surface area contributed by atoms with Crippen LogP contribution in [-0.2, 0) is 10.0 Å². The van der Waals surface area contributed by atoms with Gasteiger partial charge in [-0.25, -0.2) is 13.4 Å². The fourth-order valence-electron chi connectivity index (χ4n) is 2.27. The lowest BCUT2D eigenvalue weighted by molar-refractivity contribution is -0.384. The maximum atomic E-state index is 12.4. The zero-order chi connectivity index (χ0) is 18.0. The van der Waals surface area contributed by atoms with Crippen molar-refractivity contribution in [1.82, 2.24) is 9.29 Å². The number of nitrogens with zero attached hydrogens (tertiary/aromatic N) is 4. The highest BCUT2D eigenvalue weighted by molar-refractivity contribution is 7.89. The lowest BCUT2D eigenvalue weighted by Crippen LogP contribution is -2.56. The Balaban J connectivity index is 1.64. The normalized spacial score (nSPS) is 15.2. The van der Waals surface area contributed by atoms with Crippen molar-refractivity contribution in [2.24, 2.45) is 0 Å². The lowest BCUT2D eigenvalue weighted by Gasteiger charge is -2.37. The number of non-ortho nitro benzene ring substituents is 1. The van der Waals surface area contributed by atoms with Crippen LogP contribution in [0.5, 0.6) is 5.88 Å². The summed E-state index contributed by atoms with van der Waals surface area (Å²) in [7, 11) is -3.72. The van der Waals surface area contributed by atoms with Crippen LogP contribution < -0.4 is 4.74 Å². The number of nitro benzene ring substituents is 1. The highest BCUT2D eigenvalue weighted by atomic mass is 32.2. The number of rotatable bonds is 5. The molecule has 1 aromatic carbocycles. The molecule has 0 spiro atoms. The molecular formula is C15H12N4O5S. The van der Waals surface area contributed by atoms with Gasteiger partial charge >= 0.3 is 0 Å². The Kier molecular flexibility index (Phi) is 4.35. The molecular weight excluding hydrogens is 348 g/mol. The van der Waals surface area contributed by atoms with Crippen LogP contribution >= 0.6 is 0 Å². The maximum Gasteiger partial charge on any atom is 0.269 e. The van der Waals surface area contributed by atoms with Gasteiger partial charge < -0.3 is 4.74 Å². The predicted octanol–water partition coefficient (Wildman–Crippen LogP) is 1.31. The van der Waals surface area contributed by atoms with Gasteiger partial charge in [0.25, 0.3) is 5.69 Å². The summed E-state index contributed by atoms with van der Waals surface area (Å²) >= 11 is 0. The van der Waals surface area contributed by atoms with Crippen molar-refractivity contribution in [3.8, 4) is 11.9 Å². The van der Waals surface area contributed by atoms with Crippen LogP contribution in [0.1, 0.15) is 5.56 Å². The topological polar surface area (TPSA) is 126 Å². The van der Waals surface area contributed by atoms with Crippen LogP contribution in [0, 0.1) is 21.4 Å². The van der Waals surface area contributed by atoms with Gasteiger partial charge in [-0.15, -0.1) is 0 Å². The first-order chi connectivity index (χ1) is 11.9. The van der Waals surface area contributed by atoms with Crippen molar-refractivity contribution in [1.29, 1.82) is 5.26 Å². The molecule has 1 fully saturated rings. The van der Waals surface area contributed by atoms with Crippen molar-refractivity contribution >= 4 is 15.7 Å². The molecule has 2 heterocycles. The second-order valence-electron chi connectivity index (χ2n) is 5.31. The summed E-state index contributed by atoms with van der Waals surface area (Å²) in [5.41, 5.74) is 0.229. The number of benzene rings is 1. The van der Waals surface area contributed by atoms with Gasteiger partial charge in [0, 0.05) is 24.4 Å². The molecule has 0 N–H and O–H groups in total. The molecule has 1 aliphatic rings. The molecule has 0 atom stereocenters. The second kappa shape index (κ2) is 6.46. The van der Waals surface area contributed by atoms with Crippen molar-refractivity contribution in [2.45, 2.75) is 11.0 Å². The van der Waals surface area contributed by atoms with Gasteiger partial charge in [0.1, 0.15) is 6.10 Å². The summed E-state index contributed by atoms with van der Waals surface area (Å²) in [4.78, 5) is 14.0. The minimum atomic E-state index is -3.72. The smallest absolute Gasteiger partial charge is 0.269 e. The first-order valence-electron chi connectivity index (χ1n) is 7.17. The molecule has 0 aliphatic carbocycles. The van der Waals surface area contributed by atoms with E-state index in [0.717, 1.165) is 12.1 Å². The highest BCUT2D eigenvalue weighted by Gasteiger charge is 2.38. The number of hydrogen-bond donors (Lipinski definition) is 0. The summed E-state index contributed by atoms with van der Waals surface area (Å²) in [5, 5.41) is 19.5. The average molecular weight is 360 g/mol. The fourth-order valence-corrected chi connectivity index (χ4v) is 3.78. The number of pyridine rings is 1. The maximum absolute atomic E-state index is 12.4. The van der Waals surface area contributed by atoms with E-state index in [9.17, 15) is 18.5 Å². The molecule has 0 bridgehead atoms. The van der Waals surface area contributed by atoms with E-state index < -0.39 is 14.9 Å². The van der Waals surface area contributed by atoms with E-state index in [1.165, 1.54) is 28.7 Å². The van der Waals surface area contributed by atoms with Crippen LogP contribution in [0.4, 0.5) is 5.69 Å². The molecule has 9 nitrogen and oxygen atoms in total. The quantitative estimate of drug-likeness (QED) is 0.581. The summed E-state index contributed by atoms with van der Waals surface area (Å²) in [6.45, 7) is 0.273. The summed E-state index contributed by atoms with van der Waals surface area (Å²) in [5.74, 6) is 0.261. The van der Waals surface area contributed by atoms with E-state index in [1.807, 2.05) is 6.07 Å². The van der Waals surface area contributed by atoms with Crippen molar-refractivity contribution < 1.29 is 18.1 Å². The first-order valence-corrected chi connectivity index (χ1v) is 8.61. The minimum Gasteiger partial charge on any atom is -0.471 e. The highest BCUT2D eigenvalue weighted by Crippen LogP contribution is 2.25. The van der Waals surface area contributed by atoms with E-state index in [-0.39, 0.29) is 35.7 Å². The van der Waals surface area contributed by atoms with Gasteiger partial charge in [-0.2, -0.15) is 9.57 Å². The molecule has 3 rings (SSSR count). The van der Waals surface area contributed by atoms with Crippen LogP contribution in [0.15, 0.2) is 47.5 Å². The van der Waals surface area contributed by atoms with Crippen molar-refractivity contribution in [3.63, 3.8) is 0 Å². The Bertz CT molecular complexity index is 947. The monoisotopic (exact) mass is 360 g/mol. The average Bonchev–Trinajstić information content (AvgIpc) is 2.57. The number of nitriles is 1. The number of sulfonamides is 1. The largest absolute Gasteiger partial charge is 0.471 e. The van der Waals surface area contributed by atoms with Gasteiger partial charge in [-0.3, -0.25) is 10.1 Å². The van der Waals surface area contributed by atoms with Crippen LogP contribution in [0.25, 0.3) is 0 Å². The zero-order valence-electron chi connectivity index (χ0n) is 12.8. The van der Waals surface area contributed by atoms with E-state index in [0.29, 0.717) is 5.56 Å². The Labute approximate surface area is 143 Å². The van der Waals surface area contributed by atoms with E-state index >= 15 is 0 Å². The zero-order valence-corrected chi connectivity index (χ0v) is 13.6. The van der Waals surface area contributed by atoms with Crippen LogP contribution in [0.2, 0.25) is 0 Å². The lowest BCUT2D eigenvalue weighted by atomic mass is 10.2. The molecule has 0 radical (unpaired) electrons. The van der Waals surface area contributed by atoms with Crippen molar-refractivity contribution in [3.05, 3.63) is 58.3 Å². The Hall–Kier alpha value is -3.03. The van der Waals surface area contributed by atoms with Gasteiger partial charge in [0.15, 0.2) is 0 Å².